The molecule has 0 fully saturated rings. The molecule has 0 aliphatic heterocycles. The number of alkyl halides is 3. The molecule has 2 aromatic heterocycles. The van der Waals surface area contributed by atoms with Crippen molar-refractivity contribution in [2.75, 3.05) is 20.7 Å². The van der Waals surface area contributed by atoms with Crippen molar-refractivity contribution in [2.45, 2.75) is 12.6 Å². The molecule has 0 radical (unpaired) electrons. The summed E-state index contributed by atoms with van der Waals surface area (Å²) < 4.78 is 45.3. The number of hydrogen-bond donors (Lipinski definition) is 0. The number of benzene rings is 1. The van der Waals surface area contributed by atoms with Gasteiger partial charge in [0.1, 0.15) is 0 Å². The number of aromatic nitrogens is 3. The topological polar surface area (TPSA) is 60.3 Å². The van der Waals surface area contributed by atoms with E-state index in [-0.39, 0.29) is 23.0 Å². The second-order valence-electron chi connectivity index (χ2n) is 6.37. The molecule has 1 aromatic carbocycles. The van der Waals surface area contributed by atoms with Crippen molar-refractivity contribution in [1.29, 1.82) is 0 Å². The van der Waals surface area contributed by atoms with Crippen LogP contribution < -0.4 is 4.74 Å². The lowest BCUT2D eigenvalue weighted by Gasteiger charge is -2.16. The first kappa shape index (κ1) is 20.4. The Morgan fingerprint density at radius 2 is 1.93 bits per heavy atom. The summed E-state index contributed by atoms with van der Waals surface area (Å²) in [6.45, 7) is 0.433. The maximum atomic E-state index is 13.0. The van der Waals surface area contributed by atoms with Crippen LogP contribution in [0.3, 0.4) is 0 Å². The van der Waals surface area contributed by atoms with Crippen molar-refractivity contribution >= 4 is 5.91 Å². The van der Waals surface area contributed by atoms with E-state index in [1.165, 1.54) is 35.0 Å². The van der Waals surface area contributed by atoms with Crippen LogP contribution in [-0.2, 0) is 12.6 Å². The predicted molar refractivity (Wildman–Crippen MR) is 100 cm³/mol. The number of amides is 1. The van der Waals surface area contributed by atoms with Gasteiger partial charge in [-0.25, -0.2) is 4.68 Å². The van der Waals surface area contributed by atoms with E-state index in [1.54, 1.807) is 19.4 Å². The van der Waals surface area contributed by atoms with Gasteiger partial charge in [0.05, 0.1) is 24.6 Å². The molecule has 0 bridgehead atoms. The van der Waals surface area contributed by atoms with Crippen molar-refractivity contribution in [3.8, 4) is 11.4 Å². The summed E-state index contributed by atoms with van der Waals surface area (Å²) in [6, 6.07) is 8.43. The number of halogens is 3. The van der Waals surface area contributed by atoms with Crippen LogP contribution in [0.15, 0.2) is 55.0 Å². The summed E-state index contributed by atoms with van der Waals surface area (Å²) in [7, 11) is 3.01. The Kier molecular flexibility index (Phi) is 5.86. The molecule has 0 unspecified atom stereocenters. The fourth-order valence-corrected chi connectivity index (χ4v) is 2.74. The fraction of sp³-hybridized carbons (Fsp3) is 0.250. The van der Waals surface area contributed by atoms with Gasteiger partial charge in [-0.3, -0.25) is 9.78 Å². The fourth-order valence-electron chi connectivity index (χ4n) is 2.74. The molecule has 0 aliphatic rings. The monoisotopic (exact) mass is 404 g/mol. The van der Waals surface area contributed by atoms with Gasteiger partial charge >= 0.3 is 6.18 Å². The zero-order valence-corrected chi connectivity index (χ0v) is 15.8. The number of rotatable bonds is 6. The van der Waals surface area contributed by atoms with Crippen LogP contribution in [0.4, 0.5) is 13.2 Å². The predicted octanol–water partition coefficient (Wildman–Crippen LogP) is 3.61. The van der Waals surface area contributed by atoms with E-state index in [9.17, 15) is 18.0 Å². The van der Waals surface area contributed by atoms with Crippen LogP contribution in [0, 0.1) is 0 Å². The van der Waals surface area contributed by atoms with E-state index in [4.69, 9.17) is 4.74 Å². The zero-order chi connectivity index (χ0) is 21.0. The minimum atomic E-state index is -4.47. The summed E-state index contributed by atoms with van der Waals surface area (Å²) in [5, 5.41) is 4.17. The Bertz CT molecular complexity index is 987. The van der Waals surface area contributed by atoms with Crippen LogP contribution in [0.2, 0.25) is 0 Å². The molecular weight excluding hydrogens is 385 g/mol. The van der Waals surface area contributed by atoms with E-state index >= 15 is 0 Å². The Morgan fingerprint density at radius 1 is 1.21 bits per heavy atom. The first-order valence-electron chi connectivity index (χ1n) is 8.75. The number of methoxy groups -OCH3 is 1. The van der Waals surface area contributed by atoms with Gasteiger partial charge in [0.25, 0.3) is 5.91 Å². The van der Waals surface area contributed by atoms with Crippen molar-refractivity contribution in [3.05, 3.63) is 71.8 Å². The first-order chi connectivity index (χ1) is 13.8. The third-order valence-electron chi connectivity index (χ3n) is 4.37. The Labute approximate surface area is 165 Å². The molecule has 3 aromatic rings. The van der Waals surface area contributed by atoms with Gasteiger partial charge in [0.2, 0.25) is 0 Å². The van der Waals surface area contributed by atoms with Gasteiger partial charge < -0.3 is 9.64 Å². The van der Waals surface area contributed by atoms with Gasteiger partial charge in [-0.15, -0.1) is 0 Å². The normalized spacial score (nSPS) is 11.3. The number of nitrogens with zero attached hydrogens (tertiary/aromatic N) is 4. The maximum Gasteiger partial charge on any atom is 0.416 e. The Morgan fingerprint density at radius 3 is 2.59 bits per heavy atom. The second kappa shape index (κ2) is 8.34. The van der Waals surface area contributed by atoms with Gasteiger partial charge in [-0.2, -0.15) is 18.3 Å². The van der Waals surface area contributed by atoms with E-state index in [0.29, 0.717) is 13.0 Å². The molecule has 1 amide bonds. The third-order valence-corrected chi connectivity index (χ3v) is 4.37. The highest BCUT2D eigenvalue weighted by molar-refractivity contribution is 5.94. The molecule has 0 spiro atoms. The SMILES string of the molecule is COc1cn(-c2cccc(C(F)(F)F)c2)nc1C(=O)N(C)CCc1ccncc1. The molecule has 2 heterocycles. The highest BCUT2D eigenvalue weighted by Crippen LogP contribution is 2.31. The van der Waals surface area contributed by atoms with Crippen LogP contribution in [0.25, 0.3) is 5.69 Å². The van der Waals surface area contributed by atoms with Crippen LogP contribution >= 0.6 is 0 Å². The van der Waals surface area contributed by atoms with Crippen LogP contribution in [0.1, 0.15) is 21.6 Å². The van der Waals surface area contributed by atoms with E-state index in [0.717, 1.165) is 17.7 Å². The van der Waals surface area contributed by atoms with Crippen LogP contribution in [0.5, 0.6) is 5.75 Å². The molecule has 0 aliphatic carbocycles. The number of carbonyl (C=O) groups excluding carboxylic acids is 1. The van der Waals surface area contributed by atoms with E-state index < -0.39 is 11.7 Å². The van der Waals surface area contributed by atoms with Gasteiger partial charge in [-0.05, 0) is 42.3 Å². The molecule has 0 N–H and O–H groups in total. The lowest BCUT2D eigenvalue weighted by molar-refractivity contribution is -0.137. The summed E-state index contributed by atoms with van der Waals surface area (Å²) >= 11 is 0. The molecule has 0 saturated carbocycles. The van der Waals surface area contributed by atoms with Crippen molar-refractivity contribution in [2.24, 2.45) is 0 Å². The van der Waals surface area contributed by atoms with E-state index in [1.807, 2.05) is 12.1 Å². The first-order valence-corrected chi connectivity index (χ1v) is 8.75. The molecule has 3 rings (SSSR count). The average Bonchev–Trinajstić information content (AvgIpc) is 3.16. The standard InChI is InChI=1S/C20H19F3N4O2/c1-26(11-8-14-6-9-24-10-7-14)19(28)18-17(29-2)13-27(25-18)16-5-3-4-15(12-16)20(21,22)23/h3-7,9-10,12-13H,8,11H2,1-2H3. The highest BCUT2D eigenvalue weighted by atomic mass is 19.4. The van der Waals surface area contributed by atoms with Gasteiger partial charge in [-0.1, -0.05) is 6.07 Å². The minimum absolute atomic E-state index is 0.0298. The Balaban J connectivity index is 1.81. The lowest BCUT2D eigenvalue weighted by Crippen LogP contribution is -2.29. The summed E-state index contributed by atoms with van der Waals surface area (Å²) in [5.74, 6) is -0.204. The number of ether oxygens (including phenoxy) is 1. The molecule has 9 heteroatoms. The van der Waals surface area contributed by atoms with Crippen LogP contribution in [-0.4, -0.2) is 46.3 Å². The number of pyridine rings is 1. The van der Waals surface area contributed by atoms with Crippen molar-refractivity contribution in [1.82, 2.24) is 19.7 Å². The summed E-state index contributed by atoms with van der Waals surface area (Å²) in [6.07, 6.45) is 0.897. The highest BCUT2D eigenvalue weighted by Gasteiger charge is 2.31. The third kappa shape index (κ3) is 4.74. The Hall–Kier alpha value is -3.36. The minimum Gasteiger partial charge on any atom is -0.493 e. The summed E-state index contributed by atoms with van der Waals surface area (Å²) in [4.78, 5) is 18.2. The van der Waals surface area contributed by atoms with Gasteiger partial charge in [0, 0.05) is 26.0 Å². The molecule has 0 saturated heterocycles. The molecule has 29 heavy (non-hydrogen) atoms. The number of carbonyl (C=O) groups is 1. The molecular formula is C20H19F3N4O2. The van der Waals surface area contributed by atoms with Gasteiger partial charge in [0.15, 0.2) is 11.4 Å². The lowest BCUT2D eigenvalue weighted by atomic mass is 10.2. The summed E-state index contributed by atoms with van der Waals surface area (Å²) in [5.41, 5.74) is 0.437. The van der Waals surface area contributed by atoms with Crippen molar-refractivity contribution < 1.29 is 22.7 Å². The number of likely N-dealkylation sites (N-methyl/N-ethyl adjacent to an activating group) is 1. The quantitative estimate of drug-likeness (QED) is 0.630. The maximum absolute atomic E-state index is 13.0. The zero-order valence-electron chi connectivity index (χ0n) is 15.8. The molecule has 152 valence electrons. The smallest absolute Gasteiger partial charge is 0.416 e. The second-order valence-corrected chi connectivity index (χ2v) is 6.37. The molecule has 0 atom stereocenters. The largest absolute Gasteiger partial charge is 0.493 e. The molecule has 6 nitrogen and oxygen atoms in total. The van der Waals surface area contributed by atoms with Crippen molar-refractivity contribution in [3.63, 3.8) is 0 Å². The average molecular weight is 404 g/mol. The number of hydrogen-bond acceptors (Lipinski definition) is 4. The van der Waals surface area contributed by atoms with E-state index in [2.05, 4.69) is 10.1 Å².